The maximum absolute atomic E-state index is 9.27. The molecule has 0 amide bonds. The van der Waals surface area contributed by atoms with Crippen LogP contribution in [0.4, 0.5) is 11.5 Å². The van der Waals surface area contributed by atoms with Crippen molar-refractivity contribution in [3.8, 4) is 0 Å². The molecule has 0 bridgehead atoms. The summed E-state index contributed by atoms with van der Waals surface area (Å²) in [6.07, 6.45) is 3.90. The van der Waals surface area contributed by atoms with Crippen LogP contribution in [0.5, 0.6) is 0 Å². The molecule has 1 aliphatic heterocycles. The minimum absolute atomic E-state index is 0.297. The van der Waals surface area contributed by atoms with E-state index in [-0.39, 0.29) is 0 Å². The third kappa shape index (κ3) is 3.39. The summed E-state index contributed by atoms with van der Waals surface area (Å²) in [7, 11) is 0. The van der Waals surface area contributed by atoms with E-state index in [1.807, 2.05) is 24.7 Å². The Kier molecular flexibility index (Phi) is 4.90. The molecule has 118 valence electrons. The van der Waals surface area contributed by atoms with Crippen molar-refractivity contribution in [3.63, 3.8) is 0 Å². The molecule has 1 saturated heterocycles. The molecular formula is C16H22N4OS. The first kappa shape index (κ1) is 15.2. The van der Waals surface area contributed by atoms with Gasteiger partial charge in [-0.1, -0.05) is 0 Å². The second-order valence-electron chi connectivity index (χ2n) is 5.70. The van der Waals surface area contributed by atoms with E-state index in [0.29, 0.717) is 12.5 Å². The van der Waals surface area contributed by atoms with Gasteiger partial charge >= 0.3 is 0 Å². The highest BCUT2D eigenvalue weighted by Gasteiger charge is 2.21. The first-order chi connectivity index (χ1) is 10.8. The fraction of sp³-hybridized carbons (Fsp3) is 0.500. The number of hydrogen-bond acceptors (Lipinski definition) is 6. The molecule has 0 spiro atoms. The number of aliphatic hydroxyl groups excluding tert-OH is 1. The van der Waals surface area contributed by atoms with Gasteiger partial charge in [-0.05, 0) is 37.8 Å². The molecule has 22 heavy (non-hydrogen) atoms. The SMILES string of the molecule is Cc1ncsc1CNc1cccnc1N1CCC(CO)CC1. The van der Waals surface area contributed by atoms with Crippen molar-refractivity contribution in [3.05, 3.63) is 34.4 Å². The monoisotopic (exact) mass is 318 g/mol. The third-order valence-corrected chi connectivity index (χ3v) is 5.18. The van der Waals surface area contributed by atoms with Crippen molar-refractivity contribution in [2.45, 2.75) is 26.3 Å². The van der Waals surface area contributed by atoms with Crippen molar-refractivity contribution in [1.29, 1.82) is 0 Å². The summed E-state index contributed by atoms with van der Waals surface area (Å²) in [6.45, 7) is 5.03. The number of hydrogen-bond donors (Lipinski definition) is 2. The van der Waals surface area contributed by atoms with E-state index in [1.54, 1.807) is 11.3 Å². The number of aryl methyl sites for hydroxylation is 1. The highest BCUT2D eigenvalue weighted by Crippen LogP contribution is 2.28. The summed E-state index contributed by atoms with van der Waals surface area (Å²) < 4.78 is 0. The van der Waals surface area contributed by atoms with E-state index < -0.39 is 0 Å². The number of aromatic nitrogens is 2. The fourth-order valence-electron chi connectivity index (χ4n) is 2.79. The quantitative estimate of drug-likeness (QED) is 0.887. The normalized spacial score (nSPS) is 16.0. The third-order valence-electron chi connectivity index (χ3n) is 4.24. The minimum Gasteiger partial charge on any atom is -0.396 e. The number of rotatable bonds is 5. The number of nitrogens with one attached hydrogen (secondary N) is 1. The van der Waals surface area contributed by atoms with Gasteiger partial charge in [-0.3, -0.25) is 0 Å². The first-order valence-corrected chi connectivity index (χ1v) is 8.59. The van der Waals surface area contributed by atoms with E-state index in [1.165, 1.54) is 4.88 Å². The van der Waals surface area contributed by atoms with Crippen molar-refractivity contribution < 1.29 is 5.11 Å². The van der Waals surface area contributed by atoms with Crippen molar-refractivity contribution >= 4 is 22.8 Å². The maximum Gasteiger partial charge on any atom is 0.151 e. The number of nitrogens with zero attached hydrogens (tertiary/aromatic N) is 3. The Morgan fingerprint density at radius 3 is 2.86 bits per heavy atom. The van der Waals surface area contributed by atoms with Crippen LogP contribution in [0, 0.1) is 12.8 Å². The van der Waals surface area contributed by atoms with Crippen molar-refractivity contribution in [1.82, 2.24) is 9.97 Å². The zero-order valence-corrected chi connectivity index (χ0v) is 13.6. The molecule has 0 aromatic carbocycles. The van der Waals surface area contributed by atoms with Crippen LogP contribution in [0.1, 0.15) is 23.4 Å². The Morgan fingerprint density at radius 1 is 1.36 bits per heavy atom. The molecule has 0 unspecified atom stereocenters. The zero-order chi connectivity index (χ0) is 15.4. The molecule has 2 aromatic heterocycles. The van der Waals surface area contributed by atoms with E-state index >= 15 is 0 Å². The van der Waals surface area contributed by atoms with Gasteiger partial charge < -0.3 is 15.3 Å². The maximum atomic E-state index is 9.27. The minimum atomic E-state index is 0.297. The van der Waals surface area contributed by atoms with Crippen LogP contribution >= 0.6 is 11.3 Å². The molecule has 1 aliphatic rings. The van der Waals surface area contributed by atoms with E-state index in [4.69, 9.17) is 0 Å². The van der Waals surface area contributed by atoms with Crippen LogP contribution in [0.3, 0.4) is 0 Å². The number of anilines is 2. The molecule has 1 fully saturated rings. The summed E-state index contributed by atoms with van der Waals surface area (Å²) in [4.78, 5) is 12.4. The second kappa shape index (κ2) is 7.07. The lowest BCUT2D eigenvalue weighted by Crippen LogP contribution is -2.35. The molecule has 0 atom stereocenters. The largest absolute Gasteiger partial charge is 0.396 e. The standard InChI is InChI=1S/C16H22N4OS/c1-12-15(22-11-19-12)9-18-14-3-2-6-17-16(14)20-7-4-13(10-21)5-8-20/h2-3,6,11,13,18,21H,4-5,7-10H2,1H3. The smallest absolute Gasteiger partial charge is 0.151 e. The molecule has 2 aromatic rings. The molecule has 5 nitrogen and oxygen atoms in total. The van der Waals surface area contributed by atoms with Crippen LogP contribution in [0.15, 0.2) is 23.8 Å². The van der Waals surface area contributed by atoms with Crippen LogP contribution in [0.25, 0.3) is 0 Å². The first-order valence-electron chi connectivity index (χ1n) is 7.71. The van der Waals surface area contributed by atoms with E-state index in [0.717, 1.165) is 49.7 Å². The van der Waals surface area contributed by atoms with Gasteiger partial charge in [0.1, 0.15) is 0 Å². The second-order valence-corrected chi connectivity index (χ2v) is 6.64. The molecule has 0 radical (unpaired) electrons. The van der Waals surface area contributed by atoms with E-state index in [9.17, 15) is 5.11 Å². The van der Waals surface area contributed by atoms with Gasteiger partial charge in [0.15, 0.2) is 5.82 Å². The Hall–Kier alpha value is -1.66. The number of piperidine rings is 1. The van der Waals surface area contributed by atoms with Gasteiger partial charge in [-0.25, -0.2) is 9.97 Å². The summed E-state index contributed by atoms with van der Waals surface area (Å²) in [5, 5.41) is 12.8. The lowest BCUT2D eigenvalue weighted by Gasteiger charge is -2.33. The number of pyridine rings is 1. The summed E-state index contributed by atoms with van der Waals surface area (Å²) >= 11 is 1.68. The average molecular weight is 318 g/mol. The Balaban J connectivity index is 1.69. The number of thiazole rings is 1. The van der Waals surface area contributed by atoms with Crippen molar-refractivity contribution in [2.75, 3.05) is 29.9 Å². The lowest BCUT2D eigenvalue weighted by atomic mass is 9.98. The van der Waals surface area contributed by atoms with Crippen LogP contribution in [-0.2, 0) is 6.54 Å². The molecule has 3 heterocycles. The topological polar surface area (TPSA) is 61.3 Å². The van der Waals surface area contributed by atoms with Crippen LogP contribution < -0.4 is 10.2 Å². The Labute approximate surface area is 135 Å². The van der Waals surface area contributed by atoms with Gasteiger partial charge in [0, 0.05) is 30.8 Å². The van der Waals surface area contributed by atoms with E-state index in [2.05, 4.69) is 26.3 Å². The zero-order valence-electron chi connectivity index (χ0n) is 12.8. The Bertz CT molecular complexity index is 608. The molecule has 6 heteroatoms. The van der Waals surface area contributed by atoms with Gasteiger partial charge in [0.2, 0.25) is 0 Å². The molecule has 2 N–H and O–H groups in total. The predicted molar refractivity (Wildman–Crippen MR) is 90.4 cm³/mol. The predicted octanol–water partition coefficient (Wildman–Crippen LogP) is 2.67. The summed E-state index contributed by atoms with van der Waals surface area (Å²) in [5.41, 5.74) is 4.04. The Morgan fingerprint density at radius 2 is 2.18 bits per heavy atom. The van der Waals surface area contributed by atoms with Gasteiger partial charge in [-0.15, -0.1) is 11.3 Å². The molecule has 3 rings (SSSR count). The van der Waals surface area contributed by atoms with Crippen molar-refractivity contribution in [2.24, 2.45) is 5.92 Å². The fourth-order valence-corrected chi connectivity index (χ4v) is 3.50. The molecular weight excluding hydrogens is 296 g/mol. The summed E-state index contributed by atoms with van der Waals surface area (Å²) in [5.74, 6) is 1.46. The van der Waals surface area contributed by atoms with Crippen LogP contribution in [-0.4, -0.2) is 34.8 Å². The number of aliphatic hydroxyl groups is 1. The highest BCUT2D eigenvalue weighted by molar-refractivity contribution is 7.09. The highest BCUT2D eigenvalue weighted by atomic mass is 32.1. The van der Waals surface area contributed by atoms with Gasteiger partial charge in [-0.2, -0.15) is 0 Å². The molecule has 0 aliphatic carbocycles. The molecule has 0 saturated carbocycles. The summed E-state index contributed by atoms with van der Waals surface area (Å²) in [6, 6.07) is 4.04. The van der Waals surface area contributed by atoms with Crippen LogP contribution in [0.2, 0.25) is 0 Å². The van der Waals surface area contributed by atoms with Gasteiger partial charge in [0.25, 0.3) is 0 Å². The average Bonchev–Trinajstić information content (AvgIpc) is 2.98. The lowest BCUT2D eigenvalue weighted by molar-refractivity contribution is 0.203. The van der Waals surface area contributed by atoms with Gasteiger partial charge in [0.05, 0.1) is 23.4 Å².